The second-order valence-corrected chi connectivity index (χ2v) is 4.99. The van der Waals surface area contributed by atoms with Gasteiger partial charge in [0, 0.05) is 13.1 Å². The van der Waals surface area contributed by atoms with E-state index in [2.05, 4.69) is 0 Å². The van der Waals surface area contributed by atoms with Crippen molar-refractivity contribution in [3.8, 4) is 0 Å². The molecule has 1 aromatic rings. The molecule has 1 saturated heterocycles. The summed E-state index contributed by atoms with van der Waals surface area (Å²) in [6.45, 7) is 1.33. The van der Waals surface area contributed by atoms with Crippen LogP contribution in [-0.2, 0) is 14.3 Å². The number of carbonyl (C=O) groups is 2. The molecule has 1 aromatic carbocycles. The Balaban J connectivity index is 2.06. The molecule has 0 spiro atoms. The molecule has 0 aromatic heterocycles. The lowest BCUT2D eigenvalue weighted by Crippen LogP contribution is -2.47. The topological polar surface area (TPSA) is 55.8 Å². The summed E-state index contributed by atoms with van der Waals surface area (Å²) in [5.41, 5.74) is 0.495. The van der Waals surface area contributed by atoms with Crippen LogP contribution in [0.3, 0.4) is 0 Å². The van der Waals surface area contributed by atoms with E-state index in [1.807, 2.05) is 18.0 Å². The van der Waals surface area contributed by atoms with Crippen LogP contribution in [0.2, 0.25) is 0 Å². The van der Waals surface area contributed by atoms with Crippen molar-refractivity contribution >= 4 is 11.9 Å². The number of hydrogen-bond donors (Lipinski definition) is 0. The maximum absolute atomic E-state index is 12.1. The van der Waals surface area contributed by atoms with Crippen LogP contribution in [0.5, 0.6) is 0 Å². The molecule has 20 heavy (non-hydrogen) atoms. The van der Waals surface area contributed by atoms with Gasteiger partial charge in [-0.2, -0.15) is 0 Å². The number of nitrogens with zero attached hydrogens (tertiary/aromatic N) is 1. The van der Waals surface area contributed by atoms with E-state index in [0.29, 0.717) is 18.5 Å². The van der Waals surface area contributed by atoms with Crippen molar-refractivity contribution in [3.05, 3.63) is 35.9 Å². The van der Waals surface area contributed by atoms with Gasteiger partial charge in [-0.15, -0.1) is 0 Å². The van der Waals surface area contributed by atoms with Gasteiger partial charge in [0.2, 0.25) is 0 Å². The normalized spacial score (nSPS) is 23.1. The number of benzene rings is 1. The van der Waals surface area contributed by atoms with E-state index in [9.17, 15) is 9.59 Å². The average Bonchev–Trinajstić information content (AvgIpc) is 2.49. The first-order valence-corrected chi connectivity index (χ1v) is 6.64. The minimum absolute atomic E-state index is 0.331. The molecule has 5 nitrogen and oxygen atoms in total. The predicted molar refractivity (Wildman–Crippen MR) is 73.3 cm³/mol. The molecule has 1 heterocycles. The highest BCUT2D eigenvalue weighted by molar-refractivity contribution is 5.89. The third kappa shape index (κ3) is 3.36. The standard InChI is InChI=1S/C15H19NO4/c1-16-9-8-13(12(10-16)15(18)19-2)20-14(17)11-6-4-3-5-7-11/h3-7,12-13H,8-10H2,1-2H3/t12-,13+/m0/s1. The zero-order chi connectivity index (χ0) is 14.5. The van der Waals surface area contributed by atoms with Crippen LogP contribution in [0, 0.1) is 5.92 Å². The molecular formula is C15H19NO4. The molecule has 1 fully saturated rings. The Morgan fingerprint density at radius 3 is 2.60 bits per heavy atom. The summed E-state index contributed by atoms with van der Waals surface area (Å²) < 4.78 is 10.3. The van der Waals surface area contributed by atoms with E-state index >= 15 is 0 Å². The van der Waals surface area contributed by atoms with E-state index < -0.39 is 18.0 Å². The smallest absolute Gasteiger partial charge is 0.338 e. The van der Waals surface area contributed by atoms with Crippen LogP contribution in [0.25, 0.3) is 0 Å². The molecule has 0 aliphatic carbocycles. The Hall–Kier alpha value is -1.88. The van der Waals surface area contributed by atoms with Crippen molar-refractivity contribution in [2.45, 2.75) is 12.5 Å². The first-order valence-electron chi connectivity index (χ1n) is 6.64. The molecule has 0 bridgehead atoms. The van der Waals surface area contributed by atoms with Gasteiger partial charge in [-0.3, -0.25) is 4.79 Å². The maximum atomic E-state index is 12.1. The van der Waals surface area contributed by atoms with Crippen molar-refractivity contribution in [2.75, 3.05) is 27.2 Å². The number of piperidine rings is 1. The van der Waals surface area contributed by atoms with Crippen molar-refractivity contribution < 1.29 is 19.1 Å². The highest BCUT2D eigenvalue weighted by Crippen LogP contribution is 2.22. The Kier molecular flexibility index (Phi) is 4.74. The largest absolute Gasteiger partial charge is 0.469 e. The van der Waals surface area contributed by atoms with Gasteiger partial charge in [0.15, 0.2) is 0 Å². The van der Waals surface area contributed by atoms with Crippen molar-refractivity contribution in [2.24, 2.45) is 5.92 Å². The number of likely N-dealkylation sites (tertiary alicyclic amines) is 1. The summed E-state index contributed by atoms with van der Waals surface area (Å²) in [5, 5.41) is 0. The minimum atomic E-state index is -0.425. The first kappa shape index (κ1) is 14.5. The van der Waals surface area contributed by atoms with E-state index in [0.717, 1.165) is 6.54 Å². The van der Waals surface area contributed by atoms with E-state index in [1.54, 1.807) is 24.3 Å². The zero-order valence-corrected chi connectivity index (χ0v) is 11.7. The SMILES string of the molecule is COC(=O)[C@H]1CN(C)CC[C@H]1OC(=O)c1ccccc1. The summed E-state index contributed by atoms with van der Waals surface area (Å²) in [6, 6.07) is 8.80. The van der Waals surface area contributed by atoms with Crippen LogP contribution in [0.15, 0.2) is 30.3 Å². The average molecular weight is 277 g/mol. The number of ether oxygens (including phenoxy) is 2. The number of esters is 2. The summed E-state index contributed by atoms with van der Waals surface area (Å²) in [7, 11) is 3.29. The van der Waals surface area contributed by atoms with E-state index in [1.165, 1.54) is 7.11 Å². The Morgan fingerprint density at radius 1 is 1.25 bits per heavy atom. The van der Waals surface area contributed by atoms with Gasteiger partial charge in [-0.25, -0.2) is 4.79 Å². The van der Waals surface area contributed by atoms with E-state index in [-0.39, 0.29) is 5.97 Å². The molecule has 1 aliphatic heterocycles. The molecule has 0 N–H and O–H groups in total. The Labute approximate surface area is 118 Å². The van der Waals surface area contributed by atoms with Gasteiger partial charge in [0.1, 0.15) is 12.0 Å². The summed E-state index contributed by atoms with van der Waals surface area (Å²) in [6.07, 6.45) is 0.209. The summed E-state index contributed by atoms with van der Waals surface area (Å²) in [5.74, 6) is -1.15. The maximum Gasteiger partial charge on any atom is 0.338 e. The van der Waals surface area contributed by atoms with Gasteiger partial charge in [0.25, 0.3) is 0 Å². The second-order valence-electron chi connectivity index (χ2n) is 4.99. The van der Waals surface area contributed by atoms with Gasteiger partial charge in [0.05, 0.1) is 12.7 Å². The predicted octanol–water partition coefficient (Wildman–Crippen LogP) is 1.34. The molecule has 2 atom stereocenters. The summed E-state index contributed by atoms with van der Waals surface area (Å²) >= 11 is 0. The molecule has 0 radical (unpaired) electrons. The molecule has 0 amide bonds. The lowest BCUT2D eigenvalue weighted by molar-refractivity contribution is -0.152. The number of hydrogen-bond acceptors (Lipinski definition) is 5. The van der Waals surface area contributed by atoms with Crippen molar-refractivity contribution in [1.82, 2.24) is 4.90 Å². The zero-order valence-electron chi connectivity index (χ0n) is 11.7. The third-order valence-corrected chi connectivity index (χ3v) is 3.52. The molecule has 108 valence electrons. The van der Waals surface area contributed by atoms with E-state index in [4.69, 9.17) is 9.47 Å². The summed E-state index contributed by atoms with van der Waals surface area (Å²) in [4.78, 5) is 25.9. The van der Waals surface area contributed by atoms with Gasteiger partial charge >= 0.3 is 11.9 Å². The highest BCUT2D eigenvalue weighted by Gasteiger charge is 2.36. The van der Waals surface area contributed by atoms with Crippen LogP contribution in [-0.4, -0.2) is 50.2 Å². The fourth-order valence-corrected chi connectivity index (χ4v) is 2.39. The van der Waals surface area contributed by atoms with Gasteiger partial charge in [-0.05, 0) is 25.6 Å². The van der Waals surface area contributed by atoms with Crippen molar-refractivity contribution in [3.63, 3.8) is 0 Å². The Bertz CT molecular complexity index is 474. The molecule has 0 unspecified atom stereocenters. The monoisotopic (exact) mass is 277 g/mol. The van der Waals surface area contributed by atoms with Crippen LogP contribution in [0.1, 0.15) is 16.8 Å². The van der Waals surface area contributed by atoms with Crippen LogP contribution < -0.4 is 0 Å². The first-order chi connectivity index (χ1) is 9.61. The van der Waals surface area contributed by atoms with Crippen LogP contribution in [0.4, 0.5) is 0 Å². The highest BCUT2D eigenvalue weighted by atomic mass is 16.6. The quantitative estimate of drug-likeness (QED) is 0.780. The molecular weight excluding hydrogens is 258 g/mol. The number of rotatable bonds is 3. The third-order valence-electron chi connectivity index (χ3n) is 3.52. The molecule has 2 rings (SSSR count). The fraction of sp³-hybridized carbons (Fsp3) is 0.467. The molecule has 1 aliphatic rings. The fourth-order valence-electron chi connectivity index (χ4n) is 2.39. The molecule has 5 heteroatoms. The number of methoxy groups -OCH3 is 1. The van der Waals surface area contributed by atoms with Gasteiger partial charge < -0.3 is 14.4 Å². The van der Waals surface area contributed by atoms with Gasteiger partial charge in [-0.1, -0.05) is 18.2 Å². The van der Waals surface area contributed by atoms with Crippen molar-refractivity contribution in [1.29, 1.82) is 0 Å². The molecule has 0 saturated carbocycles. The number of carbonyl (C=O) groups excluding carboxylic acids is 2. The Morgan fingerprint density at radius 2 is 1.95 bits per heavy atom. The minimum Gasteiger partial charge on any atom is -0.469 e. The lowest BCUT2D eigenvalue weighted by Gasteiger charge is -2.34. The lowest BCUT2D eigenvalue weighted by atomic mass is 9.95. The second kappa shape index (κ2) is 6.52. The van der Waals surface area contributed by atoms with Crippen LogP contribution >= 0.6 is 0 Å².